The minimum atomic E-state index is -0.308. The van der Waals surface area contributed by atoms with Crippen molar-refractivity contribution in [2.24, 2.45) is 0 Å². The summed E-state index contributed by atoms with van der Waals surface area (Å²) in [6.45, 7) is 2.90. The Morgan fingerprint density at radius 2 is 2.17 bits per heavy atom. The zero-order chi connectivity index (χ0) is 13.0. The van der Waals surface area contributed by atoms with Crippen LogP contribution in [0, 0.1) is 5.82 Å². The van der Waals surface area contributed by atoms with Crippen LogP contribution in [0.15, 0.2) is 35.1 Å². The Labute approximate surface area is 114 Å². The smallest absolute Gasteiger partial charge is 0.146 e. The van der Waals surface area contributed by atoms with Crippen LogP contribution in [-0.2, 0) is 0 Å². The Kier molecular flexibility index (Phi) is 4.25. The SMILES string of the molecule is CCCNc1cc(-c2cccc(Br)c2F)ncn1. The maximum absolute atomic E-state index is 13.9. The summed E-state index contributed by atoms with van der Waals surface area (Å²) in [6.07, 6.45) is 2.44. The third-order valence-corrected chi connectivity index (χ3v) is 3.06. The number of nitrogens with zero attached hydrogens (tertiary/aromatic N) is 2. The second kappa shape index (κ2) is 5.91. The van der Waals surface area contributed by atoms with Crippen molar-refractivity contribution in [2.45, 2.75) is 13.3 Å². The van der Waals surface area contributed by atoms with Gasteiger partial charge in [0.2, 0.25) is 0 Å². The van der Waals surface area contributed by atoms with Crippen molar-refractivity contribution in [1.29, 1.82) is 0 Å². The van der Waals surface area contributed by atoms with Crippen molar-refractivity contribution in [3.8, 4) is 11.3 Å². The molecule has 0 fully saturated rings. The van der Waals surface area contributed by atoms with Gasteiger partial charge in [0.15, 0.2) is 0 Å². The highest BCUT2D eigenvalue weighted by molar-refractivity contribution is 9.10. The summed E-state index contributed by atoms with van der Waals surface area (Å²) in [7, 11) is 0. The molecule has 0 amide bonds. The molecule has 0 spiro atoms. The van der Waals surface area contributed by atoms with Gasteiger partial charge in [-0.2, -0.15) is 0 Å². The van der Waals surface area contributed by atoms with E-state index < -0.39 is 0 Å². The summed E-state index contributed by atoms with van der Waals surface area (Å²) in [4.78, 5) is 8.21. The molecule has 3 nitrogen and oxygen atoms in total. The molecule has 0 aliphatic heterocycles. The summed E-state index contributed by atoms with van der Waals surface area (Å²) in [5, 5.41) is 3.15. The van der Waals surface area contributed by atoms with Crippen LogP contribution in [0.2, 0.25) is 0 Å². The van der Waals surface area contributed by atoms with Crippen LogP contribution < -0.4 is 5.32 Å². The molecule has 94 valence electrons. The van der Waals surface area contributed by atoms with Crippen molar-refractivity contribution in [3.63, 3.8) is 0 Å². The highest BCUT2D eigenvalue weighted by Gasteiger charge is 2.09. The van der Waals surface area contributed by atoms with Crippen LogP contribution in [-0.4, -0.2) is 16.5 Å². The molecule has 0 bridgehead atoms. The van der Waals surface area contributed by atoms with Gasteiger partial charge in [0.25, 0.3) is 0 Å². The normalized spacial score (nSPS) is 10.4. The second-order valence-electron chi connectivity index (χ2n) is 3.82. The summed E-state index contributed by atoms with van der Waals surface area (Å²) in [5.74, 6) is 0.402. The highest BCUT2D eigenvalue weighted by Crippen LogP contribution is 2.27. The number of rotatable bonds is 4. The van der Waals surface area contributed by atoms with Crippen molar-refractivity contribution in [2.75, 3.05) is 11.9 Å². The average Bonchev–Trinajstić information content (AvgIpc) is 2.40. The lowest BCUT2D eigenvalue weighted by molar-refractivity contribution is 0.624. The van der Waals surface area contributed by atoms with E-state index in [2.05, 4.69) is 38.1 Å². The molecule has 0 aliphatic carbocycles. The molecular weight excluding hydrogens is 297 g/mol. The fraction of sp³-hybridized carbons (Fsp3) is 0.231. The van der Waals surface area contributed by atoms with Gasteiger partial charge in [-0.1, -0.05) is 13.0 Å². The molecule has 1 N–H and O–H groups in total. The summed E-state index contributed by atoms with van der Waals surface area (Å²) in [6, 6.07) is 6.90. The van der Waals surface area contributed by atoms with E-state index in [0.717, 1.165) is 13.0 Å². The van der Waals surface area contributed by atoms with E-state index in [0.29, 0.717) is 21.5 Å². The van der Waals surface area contributed by atoms with Crippen molar-refractivity contribution < 1.29 is 4.39 Å². The molecule has 2 rings (SSSR count). The molecule has 1 heterocycles. The van der Waals surface area contributed by atoms with Gasteiger partial charge in [-0.3, -0.25) is 0 Å². The first kappa shape index (κ1) is 13.0. The van der Waals surface area contributed by atoms with Gasteiger partial charge < -0.3 is 5.32 Å². The lowest BCUT2D eigenvalue weighted by Gasteiger charge is -2.07. The third kappa shape index (κ3) is 2.85. The molecule has 0 saturated heterocycles. The first-order chi connectivity index (χ1) is 8.72. The zero-order valence-corrected chi connectivity index (χ0v) is 11.5. The van der Waals surface area contributed by atoms with E-state index in [9.17, 15) is 4.39 Å². The van der Waals surface area contributed by atoms with Crippen LogP contribution in [0.4, 0.5) is 10.2 Å². The van der Waals surface area contributed by atoms with Gasteiger partial charge in [0.05, 0.1) is 10.2 Å². The molecule has 0 saturated carbocycles. The quantitative estimate of drug-likeness (QED) is 0.931. The zero-order valence-electron chi connectivity index (χ0n) is 9.95. The van der Waals surface area contributed by atoms with E-state index in [-0.39, 0.29) is 5.82 Å². The molecule has 1 aromatic heterocycles. The summed E-state index contributed by atoms with van der Waals surface area (Å²) >= 11 is 3.17. The van der Waals surface area contributed by atoms with E-state index in [1.165, 1.54) is 6.33 Å². The fourth-order valence-electron chi connectivity index (χ4n) is 1.56. The Balaban J connectivity index is 2.35. The molecule has 0 aliphatic rings. The highest BCUT2D eigenvalue weighted by atomic mass is 79.9. The molecule has 1 aromatic carbocycles. The van der Waals surface area contributed by atoms with Crippen LogP contribution in [0.5, 0.6) is 0 Å². The summed E-state index contributed by atoms with van der Waals surface area (Å²) < 4.78 is 14.4. The van der Waals surface area contributed by atoms with Crippen LogP contribution in [0.3, 0.4) is 0 Å². The van der Waals surface area contributed by atoms with E-state index >= 15 is 0 Å². The number of nitrogens with one attached hydrogen (secondary N) is 1. The Bertz CT molecular complexity index is 546. The first-order valence-corrected chi connectivity index (χ1v) is 6.52. The van der Waals surface area contributed by atoms with Crippen molar-refractivity contribution in [1.82, 2.24) is 9.97 Å². The number of aromatic nitrogens is 2. The van der Waals surface area contributed by atoms with E-state index in [1.54, 1.807) is 24.3 Å². The number of anilines is 1. The standard InChI is InChI=1S/C13H13BrFN3/c1-2-6-16-12-7-11(17-8-18-12)9-4-3-5-10(14)13(9)15/h3-5,7-8H,2,6H2,1H3,(H,16,17,18). The van der Waals surface area contributed by atoms with Crippen molar-refractivity contribution in [3.05, 3.63) is 40.9 Å². The van der Waals surface area contributed by atoms with Gasteiger partial charge in [-0.25, -0.2) is 14.4 Å². The lowest BCUT2D eigenvalue weighted by atomic mass is 10.1. The second-order valence-corrected chi connectivity index (χ2v) is 4.67. The number of hydrogen-bond donors (Lipinski definition) is 1. The minimum absolute atomic E-state index is 0.308. The number of hydrogen-bond acceptors (Lipinski definition) is 3. The molecule has 0 atom stereocenters. The molecular formula is C13H13BrFN3. The Morgan fingerprint density at radius 3 is 2.94 bits per heavy atom. The minimum Gasteiger partial charge on any atom is -0.370 e. The third-order valence-electron chi connectivity index (χ3n) is 2.45. The monoisotopic (exact) mass is 309 g/mol. The fourth-order valence-corrected chi connectivity index (χ4v) is 1.92. The van der Waals surface area contributed by atoms with Crippen LogP contribution >= 0.6 is 15.9 Å². The largest absolute Gasteiger partial charge is 0.370 e. The Hall–Kier alpha value is -1.49. The molecule has 5 heteroatoms. The maximum atomic E-state index is 13.9. The molecule has 0 unspecified atom stereocenters. The van der Waals surface area contributed by atoms with Crippen LogP contribution in [0.1, 0.15) is 13.3 Å². The molecule has 18 heavy (non-hydrogen) atoms. The van der Waals surface area contributed by atoms with Gasteiger partial charge in [0.1, 0.15) is 18.0 Å². The molecule has 2 aromatic rings. The van der Waals surface area contributed by atoms with Gasteiger partial charge >= 0.3 is 0 Å². The van der Waals surface area contributed by atoms with Gasteiger partial charge in [0, 0.05) is 18.2 Å². The van der Waals surface area contributed by atoms with Gasteiger partial charge in [-0.15, -0.1) is 0 Å². The van der Waals surface area contributed by atoms with Crippen LogP contribution in [0.25, 0.3) is 11.3 Å². The van der Waals surface area contributed by atoms with Gasteiger partial charge in [-0.05, 0) is 34.5 Å². The lowest BCUT2D eigenvalue weighted by Crippen LogP contribution is -2.02. The van der Waals surface area contributed by atoms with Crippen molar-refractivity contribution >= 4 is 21.7 Å². The Morgan fingerprint density at radius 1 is 1.33 bits per heavy atom. The first-order valence-electron chi connectivity index (χ1n) is 5.72. The summed E-state index contributed by atoms with van der Waals surface area (Å²) in [5.41, 5.74) is 1.04. The number of halogens is 2. The predicted octanol–water partition coefficient (Wildman–Crippen LogP) is 3.87. The maximum Gasteiger partial charge on any atom is 0.146 e. The van der Waals surface area contributed by atoms with E-state index in [1.807, 2.05) is 0 Å². The topological polar surface area (TPSA) is 37.8 Å². The molecule has 0 radical (unpaired) electrons. The average molecular weight is 310 g/mol. The van der Waals surface area contributed by atoms with E-state index in [4.69, 9.17) is 0 Å². The number of benzene rings is 1. The predicted molar refractivity (Wildman–Crippen MR) is 73.9 cm³/mol.